The van der Waals surface area contributed by atoms with Crippen molar-refractivity contribution in [3.05, 3.63) is 0 Å². The average Bonchev–Trinajstić information content (AvgIpc) is 3.29. The first-order valence-corrected chi connectivity index (χ1v) is 27.2. The van der Waals surface area contributed by atoms with Gasteiger partial charge in [-0.15, -0.1) is 0 Å². The Balaban J connectivity index is 2.41. The van der Waals surface area contributed by atoms with Crippen LogP contribution < -0.4 is 21.3 Å². The van der Waals surface area contributed by atoms with Gasteiger partial charge in [0.05, 0.1) is 0 Å². The first-order chi connectivity index (χ1) is 31.3. The molecular weight excluding hydrogens is 805 g/mol. The van der Waals surface area contributed by atoms with Crippen LogP contribution >= 0.6 is 0 Å². The number of nitrogens with zero attached hydrogens (tertiary/aromatic N) is 2. The molecule has 4 N–H and O–H groups in total. The summed E-state index contributed by atoms with van der Waals surface area (Å²) in [6, 6.07) is -2.03. The number of piperazine rings is 1. The van der Waals surface area contributed by atoms with Gasteiger partial charge in [0.2, 0.25) is 11.8 Å². The van der Waals surface area contributed by atoms with E-state index in [1.807, 2.05) is 0 Å². The van der Waals surface area contributed by atoms with Crippen LogP contribution in [-0.4, -0.2) is 111 Å². The molecule has 12 nitrogen and oxygen atoms in total. The number of unbranched alkanes of at least 4 members (excludes halogenated alkanes) is 28. The molecule has 1 saturated heterocycles. The summed E-state index contributed by atoms with van der Waals surface area (Å²) >= 11 is 0. The summed E-state index contributed by atoms with van der Waals surface area (Å²) in [5, 5.41) is 10.9. The molecule has 4 amide bonds. The number of carbonyl (C=O) groups excluding carboxylic acids is 4. The Kier molecular flexibility index (Phi) is 41.1. The zero-order valence-corrected chi connectivity index (χ0v) is 42.2. The molecule has 0 aliphatic carbocycles. The second-order valence-electron chi connectivity index (χ2n) is 18.8. The molecule has 2 atom stereocenters. The minimum atomic E-state index is -1.02. The van der Waals surface area contributed by atoms with Crippen LogP contribution in [-0.2, 0) is 19.1 Å². The Morgan fingerprint density at radius 2 is 0.625 bits per heavy atom. The minimum Gasteiger partial charge on any atom is -0.447 e. The van der Waals surface area contributed by atoms with E-state index in [4.69, 9.17) is 9.47 Å². The van der Waals surface area contributed by atoms with E-state index in [0.29, 0.717) is 13.1 Å². The lowest BCUT2D eigenvalue weighted by molar-refractivity contribution is -0.138. The van der Waals surface area contributed by atoms with Gasteiger partial charge in [-0.05, 0) is 51.9 Å². The first kappa shape index (κ1) is 59.4. The van der Waals surface area contributed by atoms with Gasteiger partial charge in [-0.25, -0.2) is 9.59 Å². The van der Waals surface area contributed by atoms with Gasteiger partial charge in [-0.1, -0.05) is 207 Å². The lowest BCUT2D eigenvalue weighted by Gasteiger charge is -2.29. The number of rotatable bonds is 46. The second-order valence-corrected chi connectivity index (χ2v) is 18.8. The molecule has 1 aliphatic rings. The molecule has 0 aromatic rings. The molecule has 0 unspecified atom stereocenters. The highest BCUT2D eigenvalue weighted by molar-refractivity contribution is 5.97. The maximum Gasteiger partial charge on any atom is 0.407 e. The second kappa shape index (κ2) is 44.2. The van der Waals surface area contributed by atoms with Gasteiger partial charge in [0, 0.05) is 26.2 Å². The lowest BCUT2D eigenvalue weighted by Crippen LogP contribution is -2.64. The van der Waals surface area contributed by atoms with E-state index in [1.165, 1.54) is 205 Å². The molecule has 376 valence electrons. The molecular formula is C52H102N6O6. The zero-order valence-electron chi connectivity index (χ0n) is 42.2. The van der Waals surface area contributed by atoms with Crippen LogP contribution in [0.1, 0.15) is 233 Å². The number of carbonyl (C=O) groups is 4. The van der Waals surface area contributed by atoms with Gasteiger partial charge >= 0.3 is 12.2 Å². The Hall–Kier alpha value is -2.60. The quantitative estimate of drug-likeness (QED) is 0.0443. The van der Waals surface area contributed by atoms with Gasteiger partial charge in [-0.3, -0.25) is 9.59 Å². The van der Waals surface area contributed by atoms with Crippen molar-refractivity contribution in [2.75, 3.05) is 65.6 Å². The summed E-state index contributed by atoms with van der Waals surface area (Å²) in [5.41, 5.74) is 0. The topological polar surface area (TPSA) is 141 Å². The number of hydrogen-bond acceptors (Lipinski definition) is 8. The lowest BCUT2D eigenvalue weighted by atomic mass is 10.1. The van der Waals surface area contributed by atoms with Crippen molar-refractivity contribution >= 4 is 24.0 Å². The largest absolute Gasteiger partial charge is 0.447 e. The van der Waals surface area contributed by atoms with E-state index in [0.717, 1.165) is 39.3 Å². The van der Waals surface area contributed by atoms with Crippen LogP contribution in [0.3, 0.4) is 0 Å². The molecule has 0 radical (unpaired) electrons. The van der Waals surface area contributed by atoms with Crippen LogP contribution in [0.25, 0.3) is 0 Å². The number of alkyl carbamates (subject to hydrolysis) is 2. The molecule has 0 spiro atoms. The SMILES string of the molecule is CCCCCCCCCCN(CCCCCCCCCC)CCNC(=O)OC[C@@H]1NC(=O)[C@H](COC(=O)NCCN(CCCCCCCCCC)CCCCCCCCCC)NC1=O. The summed E-state index contributed by atoms with van der Waals surface area (Å²) in [4.78, 5) is 55.8. The highest BCUT2D eigenvalue weighted by atomic mass is 16.6. The fraction of sp³-hybridized carbons (Fsp3) is 0.923. The minimum absolute atomic E-state index is 0.286. The Bertz CT molecular complexity index is 990. The summed E-state index contributed by atoms with van der Waals surface area (Å²) in [5.74, 6) is -0.971. The fourth-order valence-corrected chi connectivity index (χ4v) is 8.51. The Morgan fingerprint density at radius 1 is 0.391 bits per heavy atom. The summed E-state index contributed by atoms with van der Waals surface area (Å²) < 4.78 is 10.7. The van der Waals surface area contributed by atoms with Gasteiger partial charge < -0.3 is 40.5 Å². The summed E-state index contributed by atoms with van der Waals surface area (Å²) in [6.45, 7) is 15.0. The van der Waals surface area contributed by atoms with Crippen LogP contribution in [0.4, 0.5) is 9.59 Å². The molecule has 0 aromatic heterocycles. The highest BCUT2D eigenvalue weighted by Crippen LogP contribution is 2.13. The highest BCUT2D eigenvalue weighted by Gasteiger charge is 2.35. The number of ether oxygens (including phenoxy) is 2. The van der Waals surface area contributed by atoms with Gasteiger partial charge in [0.25, 0.3) is 0 Å². The Morgan fingerprint density at radius 3 is 0.875 bits per heavy atom. The molecule has 1 aliphatic heterocycles. The van der Waals surface area contributed by atoms with Crippen molar-refractivity contribution < 1.29 is 28.7 Å². The first-order valence-electron chi connectivity index (χ1n) is 27.2. The van der Waals surface area contributed by atoms with E-state index in [1.54, 1.807) is 0 Å². The molecule has 0 aromatic carbocycles. The maximum absolute atomic E-state index is 12.8. The molecule has 64 heavy (non-hydrogen) atoms. The third kappa shape index (κ3) is 35.6. The van der Waals surface area contributed by atoms with Crippen molar-refractivity contribution in [1.29, 1.82) is 0 Å². The van der Waals surface area contributed by atoms with E-state index in [2.05, 4.69) is 58.8 Å². The smallest absolute Gasteiger partial charge is 0.407 e. The van der Waals surface area contributed by atoms with Gasteiger partial charge in [-0.2, -0.15) is 0 Å². The third-order valence-corrected chi connectivity index (χ3v) is 12.7. The maximum atomic E-state index is 12.8. The van der Waals surface area contributed by atoms with Crippen LogP contribution in [0.5, 0.6) is 0 Å². The predicted molar refractivity (Wildman–Crippen MR) is 266 cm³/mol. The predicted octanol–water partition coefficient (Wildman–Crippen LogP) is 11.6. The van der Waals surface area contributed by atoms with Crippen molar-refractivity contribution in [3.8, 4) is 0 Å². The molecule has 1 heterocycles. The third-order valence-electron chi connectivity index (χ3n) is 12.7. The molecule has 0 saturated carbocycles. The molecule has 12 heteroatoms. The van der Waals surface area contributed by atoms with Crippen LogP contribution in [0, 0.1) is 0 Å². The molecule has 1 rings (SSSR count). The van der Waals surface area contributed by atoms with Crippen molar-refractivity contribution in [1.82, 2.24) is 31.1 Å². The normalized spacial score (nSPS) is 15.1. The van der Waals surface area contributed by atoms with Gasteiger partial charge in [0.15, 0.2) is 0 Å². The molecule has 1 fully saturated rings. The van der Waals surface area contributed by atoms with Crippen molar-refractivity contribution in [2.45, 2.75) is 245 Å². The van der Waals surface area contributed by atoms with E-state index in [9.17, 15) is 19.2 Å². The fourth-order valence-electron chi connectivity index (χ4n) is 8.51. The van der Waals surface area contributed by atoms with Crippen molar-refractivity contribution in [2.24, 2.45) is 0 Å². The summed E-state index contributed by atoms with van der Waals surface area (Å²) in [7, 11) is 0. The standard InChI is InChI=1S/C52H102N6O6/c1-5-9-13-17-21-25-29-33-39-57(40-34-30-26-22-18-14-10-6-2)43-37-53-51(61)63-45-47-49(59)56-48(50(60)55-47)46-64-52(62)54-38-44-58(41-35-31-27-23-19-15-11-7-3)42-36-32-28-24-20-16-12-8-4/h47-48H,5-46H2,1-4H3,(H,53,61)(H,54,62)(H,55,60)(H,56,59)/t47-,48-/m0/s1. The van der Waals surface area contributed by atoms with Crippen LogP contribution in [0.15, 0.2) is 0 Å². The number of hydrogen-bond donors (Lipinski definition) is 4. The summed E-state index contributed by atoms with van der Waals surface area (Å²) in [6.07, 6.45) is 39.9. The van der Waals surface area contributed by atoms with Crippen molar-refractivity contribution in [3.63, 3.8) is 0 Å². The number of amides is 4. The molecule has 0 bridgehead atoms. The van der Waals surface area contributed by atoms with E-state index in [-0.39, 0.29) is 13.2 Å². The zero-order chi connectivity index (χ0) is 46.6. The number of nitrogens with one attached hydrogen (secondary N) is 4. The van der Waals surface area contributed by atoms with Crippen LogP contribution in [0.2, 0.25) is 0 Å². The van der Waals surface area contributed by atoms with Gasteiger partial charge in [0.1, 0.15) is 25.3 Å². The monoisotopic (exact) mass is 907 g/mol. The van der Waals surface area contributed by atoms with E-state index < -0.39 is 36.1 Å². The average molecular weight is 907 g/mol. The Labute approximate surface area is 393 Å². The van der Waals surface area contributed by atoms with E-state index >= 15 is 0 Å².